The van der Waals surface area contributed by atoms with Gasteiger partial charge in [0.15, 0.2) is 0 Å². The molecule has 1 aliphatic rings. The van der Waals surface area contributed by atoms with Gasteiger partial charge < -0.3 is 10.4 Å². The molecule has 15 heavy (non-hydrogen) atoms. The van der Waals surface area contributed by atoms with Crippen molar-refractivity contribution in [3.63, 3.8) is 0 Å². The van der Waals surface area contributed by atoms with Gasteiger partial charge in [-0.1, -0.05) is 6.92 Å². The van der Waals surface area contributed by atoms with E-state index in [0.717, 1.165) is 19.3 Å². The van der Waals surface area contributed by atoms with E-state index in [1.165, 1.54) is 0 Å². The van der Waals surface area contributed by atoms with Crippen molar-refractivity contribution in [1.29, 1.82) is 0 Å². The van der Waals surface area contributed by atoms with Crippen molar-refractivity contribution >= 4 is 11.9 Å². The second-order valence-electron chi connectivity index (χ2n) is 4.44. The molecule has 1 unspecified atom stereocenters. The van der Waals surface area contributed by atoms with Gasteiger partial charge in [-0.2, -0.15) is 0 Å². The number of rotatable bonds is 6. The van der Waals surface area contributed by atoms with Crippen LogP contribution in [0.25, 0.3) is 0 Å². The normalized spacial score (nSPS) is 19.3. The summed E-state index contributed by atoms with van der Waals surface area (Å²) in [5.74, 6) is -0.712. The van der Waals surface area contributed by atoms with Crippen molar-refractivity contribution in [2.24, 2.45) is 5.41 Å². The first-order chi connectivity index (χ1) is 7.00. The number of hydrogen-bond donors (Lipinski definition) is 2. The van der Waals surface area contributed by atoms with Crippen LogP contribution < -0.4 is 5.32 Å². The lowest BCUT2D eigenvalue weighted by molar-refractivity contribution is -0.137. The molecule has 0 aromatic heterocycles. The Morgan fingerprint density at radius 2 is 2.07 bits per heavy atom. The Morgan fingerprint density at radius 1 is 1.47 bits per heavy atom. The summed E-state index contributed by atoms with van der Waals surface area (Å²) in [6.45, 7) is 3.88. The lowest BCUT2D eigenvalue weighted by atomic mass is 10.0. The number of carbonyl (C=O) groups excluding carboxylic acids is 1. The van der Waals surface area contributed by atoms with Crippen LogP contribution in [0.15, 0.2) is 0 Å². The number of hydrogen-bond acceptors (Lipinski definition) is 2. The van der Waals surface area contributed by atoms with E-state index >= 15 is 0 Å². The molecule has 4 heteroatoms. The third-order valence-corrected chi connectivity index (χ3v) is 3.18. The maximum absolute atomic E-state index is 11.8. The van der Waals surface area contributed by atoms with Gasteiger partial charge in [0.05, 0.1) is 0 Å². The number of amides is 1. The average Bonchev–Trinajstić information content (AvgIpc) is 2.95. The van der Waals surface area contributed by atoms with E-state index in [-0.39, 0.29) is 23.8 Å². The van der Waals surface area contributed by atoms with Gasteiger partial charge >= 0.3 is 5.97 Å². The number of nitrogens with one attached hydrogen (secondary N) is 1. The molecule has 0 heterocycles. The van der Waals surface area contributed by atoms with E-state index in [0.29, 0.717) is 6.42 Å². The standard InChI is InChI=1S/C11H19NO3/c1-3-11(6-7-11)10(15)12-8(2)4-5-9(13)14/h8H,3-7H2,1-2H3,(H,12,15)(H,13,14). The van der Waals surface area contributed by atoms with Crippen LogP contribution in [0.4, 0.5) is 0 Å². The highest BCUT2D eigenvalue weighted by Gasteiger charge is 2.48. The second-order valence-corrected chi connectivity index (χ2v) is 4.44. The first kappa shape index (κ1) is 12.0. The van der Waals surface area contributed by atoms with Crippen LogP contribution in [0.5, 0.6) is 0 Å². The van der Waals surface area contributed by atoms with Gasteiger partial charge in [0.25, 0.3) is 0 Å². The number of carbonyl (C=O) groups is 2. The van der Waals surface area contributed by atoms with Crippen molar-refractivity contribution < 1.29 is 14.7 Å². The van der Waals surface area contributed by atoms with E-state index in [1.54, 1.807) is 0 Å². The average molecular weight is 213 g/mol. The largest absolute Gasteiger partial charge is 0.481 e. The van der Waals surface area contributed by atoms with Crippen molar-refractivity contribution in [2.75, 3.05) is 0 Å². The molecule has 0 spiro atoms. The molecule has 0 aliphatic heterocycles. The summed E-state index contributed by atoms with van der Waals surface area (Å²) in [5.41, 5.74) is -0.127. The van der Waals surface area contributed by atoms with Crippen LogP contribution in [0, 0.1) is 5.41 Å². The Balaban J connectivity index is 2.28. The van der Waals surface area contributed by atoms with E-state index < -0.39 is 5.97 Å². The third kappa shape index (κ3) is 3.22. The van der Waals surface area contributed by atoms with Crippen molar-refractivity contribution in [1.82, 2.24) is 5.32 Å². The second kappa shape index (κ2) is 4.64. The molecule has 1 rings (SSSR count). The van der Waals surface area contributed by atoms with E-state index in [2.05, 4.69) is 5.32 Å². The van der Waals surface area contributed by atoms with E-state index in [1.807, 2.05) is 13.8 Å². The Bertz CT molecular complexity index is 259. The predicted molar refractivity (Wildman–Crippen MR) is 56.4 cm³/mol. The van der Waals surface area contributed by atoms with Gasteiger partial charge in [-0.15, -0.1) is 0 Å². The van der Waals surface area contributed by atoms with Crippen LogP contribution in [-0.2, 0) is 9.59 Å². The lowest BCUT2D eigenvalue weighted by Gasteiger charge is -2.17. The minimum Gasteiger partial charge on any atom is -0.481 e. The molecule has 1 fully saturated rings. The molecular formula is C11H19NO3. The summed E-state index contributed by atoms with van der Waals surface area (Å²) < 4.78 is 0. The molecule has 1 aliphatic carbocycles. The topological polar surface area (TPSA) is 66.4 Å². The van der Waals surface area contributed by atoms with Gasteiger partial charge in [0.1, 0.15) is 0 Å². The molecule has 1 atom stereocenters. The van der Waals surface area contributed by atoms with Crippen molar-refractivity contribution in [3.05, 3.63) is 0 Å². The van der Waals surface area contributed by atoms with Gasteiger partial charge in [-0.25, -0.2) is 0 Å². The van der Waals surface area contributed by atoms with Crippen molar-refractivity contribution in [2.45, 2.75) is 52.0 Å². The zero-order chi connectivity index (χ0) is 11.5. The first-order valence-corrected chi connectivity index (χ1v) is 5.53. The monoisotopic (exact) mass is 213 g/mol. The molecular weight excluding hydrogens is 194 g/mol. The Labute approximate surface area is 90.0 Å². The zero-order valence-electron chi connectivity index (χ0n) is 9.38. The molecule has 4 nitrogen and oxygen atoms in total. The van der Waals surface area contributed by atoms with Gasteiger partial charge in [0, 0.05) is 17.9 Å². The van der Waals surface area contributed by atoms with Crippen LogP contribution in [0.1, 0.15) is 46.0 Å². The van der Waals surface area contributed by atoms with Crippen LogP contribution in [0.3, 0.4) is 0 Å². The number of aliphatic carboxylic acids is 1. The number of carboxylic acids is 1. The Morgan fingerprint density at radius 3 is 2.47 bits per heavy atom. The van der Waals surface area contributed by atoms with Crippen LogP contribution >= 0.6 is 0 Å². The van der Waals surface area contributed by atoms with Crippen LogP contribution in [-0.4, -0.2) is 23.0 Å². The predicted octanol–water partition coefficient (Wildman–Crippen LogP) is 1.55. The lowest BCUT2D eigenvalue weighted by Crippen LogP contribution is -2.38. The molecule has 0 aromatic rings. The highest BCUT2D eigenvalue weighted by molar-refractivity contribution is 5.85. The molecule has 0 bridgehead atoms. The number of carboxylic acid groups (broad SMARTS) is 1. The Hall–Kier alpha value is -1.06. The SMILES string of the molecule is CCC1(C(=O)NC(C)CCC(=O)O)CC1. The maximum atomic E-state index is 11.8. The van der Waals surface area contributed by atoms with E-state index in [4.69, 9.17) is 5.11 Å². The summed E-state index contributed by atoms with van der Waals surface area (Å²) in [4.78, 5) is 22.1. The summed E-state index contributed by atoms with van der Waals surface area (Å²) >= 11 is 0. The summed E-state index contributed by atoms with van der Waals surface area (Å²) in [6.07, 6.45) is 3.44. The summed E-state index contributed by atoms with van der Waals surface area (Å²) in [6, 6.07) is -0.0439. The first-order valence-electron chi connectivity index (χ1n) is 5.53. The molecule has 1 amide bonds. The fraction of sp³-hybridized carbons (Fsp3) is 0.818. The fourth-order valence-electron chi connectivity index (χ4n) is 1.68. The van der Waals surface area contributed by atoms with Gasteiger partial charge in [-0.05, 0) is 32.6 Å². The molecule has 1 saturated carbocycles. The van der Waals surface area contributed by atoms with Gasteiger partial charge in [-0.3, -0.25) is 9.59 Å². The minimum absolute atomic E-state index is 0.0439. The minimum atomic E-state index is -0.812. The third-order valence-electron chi connectivity index (χ3n) is 3.18. The molecule has 86 valence electrons. The Kier molecular flexibility index (Phi) is 3.72. The summed E-state index contributed by atoms with van der Waals surface area (Å²) in [7, 11) is 0. The smallest absolute Gasteiger partial charge is 0.303 e. The molecule has 0 aromatic carbocycles. The molecule has 0 saturated heterocycles. The van der Waals surface area contributed by atoms with E-state index in [9.17, 15) is 9.59 Å². The maximum Gasteiger partial charge on any atom is 0.303 e. The van der Waals surface area contributed by atoms with Crippen LogP contribution in [0.2, 0.25) is 0 Å². The van der Waals surface area contributed by atoms with Crippen molar-refractivity contribution in [3.8, 4) is 0 Å². The highest BCUT2D eigenvalue weighted by Crippen LogP contribution is 2.48. The zero-order valence-corrected chi connectivity index (χ0v) is 9.38. The highest BCUT2D eigenvalue weighted by atomic mass is 16.4. The molecule has 0 radical (unpaired) electrons. The van der Waals surface area contributed by atoms with Gasteiger partial charge in [0.2, 0.25) is 5.91 Å². The molecule has 2 N–H and O–H groups in total. The fourth-order valence-corrected chi connectivity index (χ4v) is 1.68. The quantitative estimate of drug-likeness (QED) is 0.703. The summed E-state index contributed by atoms with van der Waals surface area (Å²) in [5, 5.41) is 11.4.